The number of hydrogen-bond acceptors (Lipinski definition) is 1. The van der Waals surface area contributed by atoms with Gasteiger partial charge in [0.2, 0.25) is 0 Å². The fraction of sp³-hybridized carbons (Fsp3) is 0.750. The molecule has 0 saturated heterocycles. The molecule has 0 aromatic heterocycles. The molecule has 142 valence electrons. The van der Waals surface area contributed by atoms with Crippen LogP contribution >= 0.6 is 0 Å². The highest BCUT2D eigenvalue weighted by Crippen LogP contribution is 2.33. The zero-order valence-electron chi connectivity index (χ0n) is 16.8. The summed E-state index contributed by atoms with van der Waals surface area (Å²) in [6.45, 7) is 5.50. The van der Waals surface area contributed by atoms with Crippen LogP contribution in [0, 0.1) is 11.8 Å². The molecule has 1 fully saturated rings. The molecular formula is C24H40O. The topological polar surface area (TPSA) is 9.23 Å². The minimum atomic E-state index is 0.879. The molecule has 2 rings (SSSR count). The summed E-state index contributed by atoms with van der Waals surface area (Å²) < 4.78 is 5.95. The smallest absolute Gasteiger partial charge is 0.119 e. The lowest BCUT2D eigenvalue weighted by atomic mass is 9.79. The largest absolute Gasteiger partial charge is 0.494 e. The van der Waals surface area contributed by atoms with Gasteiger partial charge >= 0.3 is 0 Å². The molecular weight excluding hydrogens is 304 g/mol. The van der Waals surface area contributed by atoms with Crippen molar-refractivity contribution in [1.29, 1.82) is 0 Å². The molecule has 0 aliphatic heterocycles. The summed E-state index contributed by atoms with van der Waals surface area (Å²) in [5.41, 5.74) is 1.46. The van der Waals surface area contributed by atoms with Gasteiger partial charge < -0.3 is 4.74 Å². The molecule has 1 saturated carbocycles. The second-order valence-electron chi connectivity index (χ2n) is 8.09. The van der Waals surface area contributed by atoms with Gasteiger partial charge in [0.05, 0.1) is 6.61 Å². The maximum atomic E-state index is 5.95. The molecule has 0 N–H and O–H groups in total. The van der Waals surface area contributed by atoms with Crippen LogP contribution < -0.4 is 4.74 Å². The third kappa shape index (κ3) is 8.29. The maximum absolute atomic E-state index is 5.95. The highest BCUT2D eigenvalue weighted by Gasteiger charge is 2.19. The molecule has 1 aromatic rings. The van der Waals surface area contributed by atoms with Crippen molar-refractivity contribution in [3.8, 4) is 5.75 Å². The van der Waals surface area contributed by atoms with E-state index in [1.165, 1.54) is 89.0 Å². The molecule has 0 spiro atoms. The van der Waals surface area contributed by atoms with E-state index < -0.39 is 0 Å². The van der Waals surface area contributed by atoms with Crippen LogP contribution in [-0.2, 0) is 6.42 Å². The summed E-state index contributed by atoms with van der Waals surface area (Å²) >= 11 is 0. The minimum absolute atomic E-state index is 0.879. The number of aryl methyl sites for hydroxylation is 1. The summed E-state index contributed by atoms with van der Waals surface area (Å²) in [6.07, 6.45) is 17.8. The molecule has 1 nitrogen and oxygen atoms in total. The molecule has 1 aliphatic rings. The van der Waals surface area contributed by atoms with Crippen molar-refractivity contribution in [2.24, 2.45) is 11.8 Å². The van der Waals surface area contributed by atoms with E-state index in [-0.39, 0.29) is 0 Å². The second-order valence-corrected chi connectivity index (χ2v) is 8.09. The van der Waals surface area contributed by atoms with Gasteiger partial charge in [-0.15, -0.1) is 0 Å². The summed E-state index contributed by atoms with van der Waals surface area (Å²) in [7, 11) is 0. The Hall–Kier alpha value is -0.980. The van der Waals surface area contributed by atoms with Gasteiger partial charge in [-0.05, 0) is 55.2 Å². The molecule has 0 atom stereocenters. The van der Waals surface area contributed by atoms with E-state index in [0.717, 1.165) is 24.2 Å². The van der Waals surface area contributed by atoms with Crippen molar-refractivity contribution in [3.63, 3.8) is 0 Å². The maximum Gasteiger partial charge on any atom is 0.119 e. The molecule has 0 bridgehead atoms. The second kappa shape index (κ2) is 12.4. The van der Waals surface area contributed by atoms with Gasteiger partial charge in [0.1, 0.15) is 5.75 Å². The zero-order valence-corrected chi connectivity index (χ0v) is 16.8. The molecule has 1 aromatic carbocycles. The van der Waals surface area contributed by atoms with Crippen LogP contribution in [0.3, 0.4) is 0 Å². The van der Waals surface area contributed by atoms with Crippen molar-refractivity contribution in [3.05, 3.63) is 29.8 Å². The standard InChI is InChI=1S/C24H40O/c1-3-5-6-7-8-10-22-16-18-24(19-17-22)25-20-9-11-23-14-12-21(4-2)13-15-23/h16-19,21,23H,3-15,20H2,1-2H3. The van der Waals surface area contributed by atoms with Crippen LogP contribution in [0.1, 0.15) is 96.5 Å². The van der Waals surface area contributed by atoms with Gasteiger partial charge in [0.25, 0.3) is 0 Å². The SMILES string of the molecule is CCCCCCCc1ccc(OCCCC2CCC(CC)CC2)cc1. The summed E-state index contributed by atoms with van der Waals surface area (Å²) in [5.74, 6) is 3.02. The van der Waals surface area contributed by atoms with Gasteiger partial charge in [-0.3, -0.25) is 0 Å². The van der Waals surface area contributed by atoms with Crippen LogP contribution in [0.15, 0.2) is 24.3 Å². The molecule has 1 aliphatic carbocycles. The molecule has 1 heteroatoms. The van der Waals surface area contributed by atoms with E-state index in [2.05, 4.69) is 38.1 Å². The summed E-state index contributed by atoms with van der Waals surface area (Å²) in [5, 5.41) is 0. The van der Waals surface area contributed by atoms with E-state index in [1.807, 2.05) is 0 Å². The van der Waals surface area contributed by atoms with Crippen molar-refractivity contribution in [2.75, 3.05) is 6.61 Å². The highest BCUT2D eigenvalue weighted by atomic mass is 16.5. The van der Waals surface area contributed by atoms with Gasteiger partial charge in [0.15, 0.2) is 0 Å². The number of rotatable bonds is 12. The molecule has 0 unspecified atom stereocenters. The fourth-order valence-electron chi connectivity index (χ4n) is 4.18. The predicted octanol–water partition coefficient (Wildman–Crippen LogP) is 7.57. The number of benzene rings is 1. The summed E-state index contributed by atoms with van der Waals surface area (Å²) in [4.78, 5) is 0. The highest BCUT2D eigenvalue weighted by molar-refractivity contribution is 5.27. The number of hydrogen-bond donors (Lipinski definition) is 0. The summed E-state index contributed by atoms with van der Waals surface area (Å²) in [6, 6.07) is 8.82. The third-order valence-electron chi connectivity index (χ3n) is 6.06. The first-order valence-electron chi connectivity index (χ1n) is 11.0. The van der Waals surface area contributed by atoms with Crippen molar-refractivity contribution < 1.29 is 4.74 Å². The fourth-order valence-corrected chi connectivity index (χ4v) is 4.18. The Morgan fingerprint density at radius 1 is 0.800 bits per heavy atom. The normalized spacial score (nSPS) is 20.6. The minimum Gasteiger partial charge on any atom is -0.494 e. The van der Waals surface area contributed by atoms with Crippen LogP contribution in [0.5, 0.6) is 5.75 Å². The Balaban J connectivity index is 1.54. The van der Waals surface area contributed by atoms with Crippen LogP contribution in [0.4, 0.5) is 0 Å². The number of unbranched alkanes of at least 4 members (excludes halogenated alkanes) is 4. The Morgan fingerprint density at radius 2 is 1.48 bits per heavy atom. The first-order valence-corrected chi connectivity index (χ1v) is 11.0. The van der Waals surface area contributed by atoms with E-state index in [4.69, 9.17) is 4.74 Å². The quantitative estimate of drug-likeness (QED) is 0.355. The predicted molar refractivity (Wildman–Crippen MR) is 109 cm³/mol. The van der Waals surface area contributed by atoms with Gasteiger partial charge in [-0.2, -0.15) is 0 Å². The zero-order chi connectivity index (χ0) is 17.7. The first-order chi connectivity index (χ1) is 12.3. The van der Waals surface area contributed by atoms with Crippen molar-refractivity contribution in [1.82, 2.24) is 0 Å². The van der Waals surface area contributed by atoms with E-state index in [1.54, 1.807) is 0 Å². The van der Waals surface area contributed by atoms with Crippen LogP contribution in [-0.4, -0.2) is 6.61 Å². The van der Waals surface area contributed by atoms with Crippen molar-refractivity contribution in [2.45, 2.75) is 97.3 Å². The Kier molecular flexibility index (Phi) is 10.1. The third-order valence-corrected chi connectivity index (χ3v) is 6.06. The molecule has 0 amide bonds. The van der Waals surface area contributed by atoms with E-state index in [0.29, 0.717) is 0 Å². The van der Waals surface area contributed by atoms with Crippen LogP contribution in [0.2, 0.25) is 0 Å². The lowest BCUT2D eigenvalue weighted by molar-refractivity contribution is 0.234. The lowest BCUT2D eigenvalue weighted by Crippen LogP contribution is -2.14. The van der Waals surface area contributed by atoms with Crippen molar-refractivity contribution >= 4 is 0 Å². The van der Waals surface area contributed by atoms with Gasteiger partial charge in [-0.1, -0.05) is 83.8 Å². The molecule has 25 heavy (non-hydrogen) atoms. The molecule has 0 radical (unpaired) electrons. The first kappa shape index (κ1) is 20.3. The average molecular weight is 345 g/mol. The number of ether oxygens (including phenoxy) is 1. The van der Waals surface area contributed by atoms with E-state index in [9.17, 15) is 0 Å². The molecule has 0 heterocycles. The van der Waals surface area contributed by atoms with Gasteiger partial charge in [-0.25, -0.2) is 0 Å². The lowest BCUT2D eigenvalue weighted by Gasteiger charge is -2.27. The van der Waals surface area contributed by atoms with E-state index >= 15 is 0 Å². The Labute approximate surface area is 156 Å². The van der Waals surface area contributed by atoms with Crippen LogP contribution in [0.25, 0.3) is 0 Å². The Bertz CT molecular complexity index is 428. The van der Waals surface area contributed by atoms with Gasteiger partial charge in [0, 0.05) is 0 Å². The average Bonchev–Trinajstić information content (AvgIpc) is 2.66. The monoisotopic (exact) mass is 344 g/mol. The Morgan fingerprint density at radius 3 is 2.16 bits per heavy atom.